The summed E-state index contributed by atoms with van der Waals surface area (Å²) in [6.45, 7) is 0. The van der Waals surface area contributed by atoms with Gasteiger partial charge >= 0.3 is 0 Å². The van der Waals surface area contributed by atoms with E-state index in [2.05, 4.69) is 44.4 Å². The summed E-state index contributed by atoms with van der Waals surface area (Å²) in [5, 5.41) is 7.96. The normalized spacial score (nSPS) is 10.5. The second-order valence-electron chi connectivity index (χ2n) is 3.51. The van der Waals surface area contributed by atoms with E-state index in [-0.39, 0.29) is 0 Å². The van der Waals surface area contributed by atoms with Crippen LogP contribution in [0.3, 0.4) is 0 Å². The zero-order valence-electron chi connectivity index (χ0n) is 8.52. The Kier molecular flexibility index (Phi) is 3.16. The van der Waals surface area contributed by atoms with Crippen molar-refractivity contribution in [2.45, 2.75) is 12.8 Å². The highest BCUT2D eigenvalue weighted by molar-refractivity contribution is 9.10. The molecule has 0 saturated carbocycles. The summed E-state index contributed by atoms with van der Waals surface area (Å²) in [6.07, 6.45) is 3.89. The maximum Gasteiger partial charge on any atom is 0.0830 e. The fourth-order valence-electron chi connectivity index (χ4n) is 1.47. The zero-order valence-corrected chi connectivity index (χ0v) is 10.1. The van der Waals surface area contributed by atoms with Crippen molar-refractivity contribution in [1.29, 1.82) is 0 Å². The predicted octanol–water partition coefficient (Wildman–Crippen LogP) is 2.36. The lowest BCUT2D eigenvalue weighted by Crippen LogP contribution is -1.91. The van der Waals surface area contributed by atoms with Crippen LogP contribution in [0, 0.1) is 0 Å². The fraction of sp³-hybridized carbons (Fsp3) is 0.273. The highest BCUT2D eigenvalue weighted by Crippen LogP contribution is 2.13. The molecule has 2 rings (SSSR count). The van der Waals surface area contributed by atoms with Gasteiger partial charge in [-0.25, -0.2) is 0 Å². The van der Waals surface area contributed by atoms with Crippen LogP contribution in [-0.2, 0) is 19.9 Å². The number of halogens is 1. The van der Waals surface area contributed by atoms with E-state index < -0.39 is 0 Å². The Bertz CT molecular complexity index is 451. The standard InChI is InChI=1S/C11H12BrN3/c1-15-8-11(13-14-15)6-5-9-3-2-4-10(12)7-9/h2-4,7-8H,5-6H2,1H3. The Morgan fingerprint density at radius 2 is 2.20 bits per heavy atom. The van der Waals surface area contributed by atoms with Crippen LogP contribution in [0.25, 0.3) is 0 Å². The third-order valence-electron chi connectivity index (χ3n) is 2.21. The van der Waals surface area contributed by atoms with Crippen molar-refractivity contribution in [2.75, 3.05) is 0 Å². The zero-order chi connectivity index (χ0) is 10.7. The number of aryl methyl sites for hydroxylation is 3. The quantitative estimate of drug-likeness (QED) is 0.853. The Morgan fingerprint density at radius 1 is 1.33 bits per heavy atom. The van der Waals surface area contributed by atoms with Gasteiger partial charge in [-0.3, -0.25) is 4.68 Å². The monoisotopic (exact) mass is 265 g/mol. The first-order valence-corrected chi connectivity index (χ1v) is 5.63. The van der Waals surface area contributed by atoms with Gasteiger partial charge in [-0.05, 0) is 30.5 Å². The van der Waals surface area contributed by atoms with Crippen molar-refractivity contribution in [2.24, 2.45) is 7.05 Å². The van der Waals surface area contributed by atoms with Gasteiger partial charge in [0.2, 0.25) is 0 Å². The van der Waals surface area contributed by atoms with Crippen LogP contribution in [-0.4, -0.2) is 15.0 Å². The van der Waals surface area contributed by atoms with E-state index in [1.54, 1.807) is 4.68 Å². The molecule has 4 heteroatoms. The molecule has 78 valence electrons. The van der Waals surface area contributed by atoms with Gasteiger partial charge in [0.25, 0.3) is 0 Å². The average molecular weight is 266 g/mol. The SMILES string of the molecule is Cn1cc(CCc2cccc(Br)c2)nn1. The molecule has 0 aliphatic heterocycles. The first-order chi connectivity index (χ1) is 7.24. The van der Waals surface area contributed by atoms with Crippen molar-refractivity contribution in [1.82, 2.24) is 15.0 Å². The first-order valence-electron chi connectivity index (χ1n) is 4.84. The molecule has 0 aliphatic carbocycles. The molecule has 15 heavy (non-hydrogen) atoms. The molecule has 0 N–H and O–H groups in total. The molecule has 0 bridgehead atoms. The maximum atomic E-state index is 4.05. The average Bonchev–Trinajstić information content (AvgIpc) is 2.62. The van der Waals surface area contributed by atoms with E-state index in [0.29, 0.717) is 0 Å². The Labute approximate surface area is 97.2 Å². The van der Waals surface area contributed by atoms with Crippen LogP contribution in [0.5, 0.6) is 0 Å². The van der Waals surface area contributed by atoms with Gasteiger partial charge in [0.15, 0.2) is 0 Å². The number of rotatable bonds is 3. The fourth-order valence-corrected chi connectivity index (χ4v) is 1.92. The summed E-state index contributed by atoms with van der Waals surface area (Å²) < 4.78 is 2.86. The van der Waals surface area contributed by atoms with E-state index in [1.807, 2.05) is 19.3 Å². The molecule has 0 saturated heterocycles. The lowest BCUT2D eigenvalue weighted by atomic mass is 10.1. The second kappa shape index (κ2) is 4.57. The summed E-state index contributed by atoms with van der Waals surface area (Å²) in [6, 6.07) is 8.35. The van der Waals surface area contributed by atoms with Crippen LogP contribution >= 0.6 is 15.9 Å². The van der Waals surface area contributed by atoms with Gasteiger partial charge in [-0.15, -0.1) is 5.10 Å². The largest absolute Gasteiger partial charge is 0.255 e. The lowest BCUT2D eigenvalue weighted by molar-refractivity contribution is 0.713. The molecule has 0 amide bonds. The van der Waals surface area contributed by atoms with E-state index in [9.17, 15) is 0 Å². The molecule has 0 spiro atoms. The molecule has 0 fully saturated rings. The molecule has 2 aromatic rings. The topological polar surface area (TPSA) is 30.7 Å². The number of hydrogen-bond donors (Lipinski definition) is 0. The summed E-state index contributed by atoms with van der Waals surface area (Å²) >= 11 is 3.46. The van der Waals surface area contributed by atoms with Crippen LogP contribution < -0.4 is 0 Å². The molecular weight excluding hydrogens is 254 g/mol. The van der Waals surface area contributed by atoms with Gasteiger partial charge in [-0.1, -0.05) is 33.3 Å². The summed E-state index contributed by atoms with van der Waals surface area (Å²) in [5.41, 5.74) is 2.35. The Hall–Kier alpha value is -1.16. The van der Waals surface area contributed by atoms with Crippen LogP contribution in [0.2, 0.25) is 0 Å². The third kappa shape index (κ3) is 2.89. The summed E-state index contributed by atoms with van der Waals surface area (Å²) in [4.78, 5) is 0. The highest BCUT2D eigenvalue weighted by atomic mass is 79.9. The molecule has 1 aromatic heterocycles. The van der Waals surface area contributed by atoms with E-state index in [1.165, 1.54) is 5.56 Å². The van der Waals surface area contributed by atoms with E-state index >= 15 is 0 Å². The molecule has 0 atom stereocenters. The van der Waals surface area contributed by atoms with Crippen LogP contribution in [0.1, 0.15) is 11.3 Å². The smallest absolute Gasteiger partial charge is 0.0830 e. The minimum absolute atomic E-state index is 0.935. The van der Waals surface area contributed by atoms with E-state index in [0.717, 1.165) is 23.0 Å². The highest BCUT2D eigenvalue weighted by Gasteiger charge is 1.99. The van der Waals surface area contributed by atoms with E-state index in [4.69, 9.17) is 0 Å². The molecule has 0 unspecified atom stereocenters. The first kappa shape index (κ1) is 10.4. The van der Waals surface area contributed by atoms with Crippen molar-refractivity contribution < 1.29 is 0 Å². The van der Waals surface area contributed by atoms with Crippen molar-refractivity contribution in [3.63, 3.8) is 0 Å². The predicted molar refractivity (Wildman–Crippen MR) is 62.6 cm³/mol. The molecule has 3 nitrogen and oxygen atoms in total. The molecule has 1 heterocycles. The Balaban J connectivity index is 1.99. The second-order valence-corrected chi connectivity index (χ2v) is 4.43. The van der Waals surface area contributed by atoms with Crippen LogP contribution in [0.15, 0.2) is 34.9 Å². The number of aromatic nitrogens is 3. The number of benzene rings is 1. The van der Waals surface area contributed by atoms with Crippen molar-refractivity contribution >= 4 is 15.9 Å². The molecular formula is C11H12BrN3. The van der Waals surface area contributed by atoms with Gasteiger partial charge in [-0.2, -0.15) is 0 Å². The summed E-state index contributed by atoms with van der Waals surface area (Å²) in [5.74, 6) is 0. The number of nitrogens with zero attached hydrogens (tertiary/aromatic N) is 3. The molecule has 0 aliphatic rings. The van der Waals surface area contributed by atoms with Crippen molar-refractivity contribution in [3.05, 3.63) is 46.2 Å². The summed E-state index contributed by atoms with van der Waals surface area (Å²) in [7, 11) is 1.88. The maximum absolute atomic E-state index is 4.05. The minimum Gasteiger partial charge on any atom is -0.255 e. The van der Waals surface area contributed by atoms with Crippen LogP contribution in [0.4, 0.5) is 0 Å². The molecule has 0 radical (unpaired) electrons. The van der Waals surface area contributed by atoms with Crippen molar-refractivity contribution in [3.8, 4) is 0 Å². The number of hydrogen-bond acceptors (Lipinski definition) is 2. The van der Waals surface area contributed by atoms with Gasteiger partial charge in [0.1, 0.15) is 0 Å². The third-order valence-corrected chi connectivity index (χ3v) is 2.70. The minimum atomic E-state index is 0.935. The molecule has 1 aromatic carbocycles. The van der Waals surface area contributed by atoms with Gasteiger partial charge in [0.05, 0.1) is 5.69 Å². The van der Waals surface area contributed by atoms with Gasteiger partial charge in [0, 0.05) is 17.7 Å². The Morgan fingerprint density at radius 3 is 2.87 bits per heavy atom. The van der Waals surface area contributed by atoms with Gasteiger partial charge < -0.3 is 0 Å². The lowest BCUT2D eigenvalue weighted by Gasteiger charge is -1.99.